The lowest BCUT2D eigenvalue weighted by Gasteiger charge is -2.12. The van der Waals surface area contributed by atoms with Crippen molar-refractivity contribution in [2.75, 3.05) is 7.11 Å². The van der Waals surface area contributed by atoms with Crippen LogP contribution in [0.1, 0.15) is 5.82 Å². The SMILES string of the molecule is COc1ccccc1-n1c(CCl)nc2c(Cl)cccc21. The molecule has 3 nitrogen and oxygen atoms in total. The molecule has 3 aromatic rings. The standard InChI is InChI=1S/C15H12Cl2N2O/c1-20-13-8-3-2-6-11(13)19-12-7-4-5-10(17)15(12)18-14(19)9-16/h2-8H,9H2,1H3. The van der Waals surface area contributed by atoms with Crippen LogP contribution in [0.5, 0.6) is 5.75 Å². The van der Waals surface area contributed by atoms with Gasteiger partial charge < -0.3 is 4.74 Å². The Balaban J connectivity index is 2.37. The summed E-state index contributed by atoms with van der Waals surface area (Å²) in [5, 5.41) is 0.613. The van der Waals surface area contributed by atoms with Crippen molar-refractivity contribution >= 4 is 34.2 Å². The molecular weight excluding hydrogens is 295 g/mol. The lowest BCUT2D eigenvalue weighted by Crippen LogP contribution is -2.01. The minimum absolute atomic E-state index is 0.295. The van der Waals surface area contributed by atoms with E-state index >= 15 is 0 Å². The van der Waals surface area contributed by atoms with Crippen molar-refractivity contribution in [1.29, 1.82) is 0 Å². The number of para-hydroxylation sites is 3. The highest BCUT2D eigenvalue weighted by molar-refractivity contribution is 6.35. The maximum Gasteiger partial charge on any atom is 0.142 e. The molecule has 0 unspecified atom stereocenters. The molecule has 2 aromatic carbocycles. The predicted octanol–water partition coefficient (Wildman–Crippen LogP) is 4.43. The number of nitrogens with zero attached hydrogens (tertiary/aromatic N) is 2. The van der Waals surface area contributed by atoms with Crippen molar-refractivity contribution < 1.29 is 4.74 Å². The molecule has 0 radical (unpaired) electrons. The van der Waals surface area contributed by atoms with Crippen LogP contribution in [0.15, 0.2) is 42.5 Å². The molecule has 0 N–H and O–H groups in total. The molecule has 0 aliphatic rings. The van der Waals surface area contributed by atoms with Crippen molar-refractivity contribution in [3.8, 4) is 11.4 Å². The van der Waals surface area contributed by atoms with Crippen molar-refractivity contribution in [3.63, 3.8) is 0 Å². The van der Waals surface area contributed by atoms with E-state index in [9.17, 15) is 0 Å². The van der Waals surface area contributed by atoms with E-state index in [-0.39, 0.29) is 0 Å². The lowest BCUT2D eigenvalue weighted by atomic mass is 10.2. The van der Waals surface area contributed by atoms with Gasteiger partial charge in [0.1, 0.15) is 17.1 Å². The summed E-state index contributed by atoms with van der Waals surface area (Å²) in [7, 11) is 1.64. The average Bonchev–Trinajstić information content (AvgIpc) is 2.87. The third kappa shape index (κ3) is 2.03. The molecule has 102 valence electrons. The topological polar surface area (TPSA) is 27.1 Å². The van der Waals surface area contributed by atoms with E-state index in [1.165, 1.54) is 0 Å². The first-order valence-corrected chi connectivity index (χ1v) is 7.02. The second kappa shape index (κ2) is 5.35. The highest BCUT2D eigenvalue weighted by Gasteiger charge is 2.16. The van der Waals surface area contributed by atoms with E-state index in [1.807, 2.05) is 47.0 Å². The summed E-state index contributed by atoms with van der Waals surface area (Å²) in [5.74, 6) is 1.79. The van der Waals surface area contributed by atoms with Crippen molar-refractivity contribution in [2.24, 2.45) is 0 Å². The van der Waals surface area contributed by atoms with Crippen LogP contribution in [0.4, 0.5) is 0 Å². The van der Waals surface area contributed by atoms with Gasteiger partial charge in [-0.3, -0.25) is 4.57 Å². The highest BCUT2D eigenvalue weighted by Crippen LogP contribution is 2.31. The number of benzene rings is 2. The predicted molar refractivity (Wildman–Crippen MR) is 82.2 cm³/mol. The molecule has 1 aromatic heterocycles. The van der Waals surface area contributed by atoms with Gasteiger partial charge in [-0.1, -0.05) is 29.8 Å². The molecule has 0 aliphatic heterocycles. The van der Waals surface area contributed by atoms with E-state index in [0.29, 0.717) is 10.9 Å². The van der Waals surface area contributed by atoms with Gasteiger partial charge in [0.2, 0.25) is 0 Å². The largest absolute Gasteiger partial charge is 0.495 e. The number of aromatic nitrogens is 2. The molecule has 0 spiro atoms. The quantitative estimate of drug-likeness (QED) is 0.669. The molecule has 20 heavy (non-hydrogen) atoms. The molecule has 0 saturated carbocycles. The summed E-state index contributed by atoms with van der Waals surface area (Å²) in [6, 6.07) is 13.4. The first kappa shape index (κ1) is 13.3. The Morgan fingerprint density at radius 1 is 1.15 bits per heavy atom. The van der Waals surface area contributed by atoms with Gasteiger partial charge in [0.05, 0.1) is 29.2 Å². The van der Waals surface area contributed by atoms with E-state index in [2.05, 4.69) is 4.98 Å². The number of halogens is 2. The summed E-state index contributed by atoms with van der Waals surface area (Å²) >= 11 is 12.2. The summed E-state index contributed by atoms with van der Waals surface area (Å²) in [6.07, 6.45) is 0. The fraction of sp³-hybridized carbons (Fsp3) is 0.133. The van der Waals surface area contributed by atoms with Crippen LogP contribution in [0, 0.1) is 0 Å². The molecule has 0 fully saturated rings. The summed E-state index contributed by atoms with van der Waals surface area (Å²) < 4.78 is 7.40. The number of hydrogen-bond donors (Lipinski definition) is 0. The van der Waals surface area contributed by atoms with Crippen LogP contribution in [-0.4, -0.2) is 16.7 Å². The first-order chi connectivity index (χ1) is 9.76. The monoisotopic (exact) mass is 306 g/mol. The maximum absolute atomic E-state index is 6.21. The molecule has 5 heteroatoms. The number of fused-ring (bicyclic) bond motifs is 1. The number of rotatable bonds is 3. The van der Waals surface area contributed by atoms with Gasteiger partial charge in [-0.25, -0.2) is 4.98 Å². The van der Waals surface area contributed by atoms with Gasteiger partial charge in [0, 0.05) is 0 Å². The van der Waals surface area contributed by atoms with Crippen LogP contribution in [0.2, 0.25) is 5.02 Å². The third-order valence-electron chi connectivity index (χ3n) is 3.15. The fourth-order valence-corrected chi connectivity index (χ4v) is 2.68. The number of alkyl halides is 1. The van der Waals surface area contributed by atoms with Gasteiger partial charge in [-0.15, -0.1) is 11.6 Å². The van der Waals surface area contributed by atoms with Crippen LogP contribution in [0.3, 0.4) is 0 Å². The Kier molecular flexibility index (Phi) is 3.55. The highest BCUT2D eigenvalue weighted by atomic mass is 35.5. The number of methoxy groups -OCH3 is 1. The number of hydrogen-bond acceptors (Lipinski definition) is 2. The second-order valence-electron chi connectivity index (χ2n) is 4.28. The Morgan fingerprint density at radius 3 is 2.70 bits per heavy atom. The average molecular weight is 307 g/mol. The maximum atomic E-state index is 6.21. The lowest BCUT2D eigenvalue weighted by molar-refractivity contribution is 0.413. The van der Waals surface area contributed by atoms with Crippen LogP contribution >= 0.6 is 23.2 Å². The Hall–Kier alpha value is -1.71. The zero-order valence-electron chi connectivity index (χ0n) is 10.8. The third-order valence-corrected chi connectivity index (χ3v) is 3.70. The summed E-state index contributed by atoms with van der Waals surface area (Å²) in [6.45, 7) is 0. The van der Waals surface area contributed by atoms with Crippen LogP contribution in [0.25, 0.3) is 16.7 Å². The smallest absolute Gasteiger partial charge is 0.142 e. The van der Waals surface area contributed by atoms with E-state index < -0.39 is 0 Å². The molecule has 0 saturated heterocycles. The Labute approximate surface area is 126 Å². The first-order valence-electron chi connectivity index (χ1n) is 6.11. The minimum Gasteiger partial charge on any atom is -0.495 e. The van der Waals surface area contributed by atoms with Gasteiger partial charge in [-0.05, 0) is 24.3 Å². The minimum atomic E-state index is 0.295. The second-order valence-corrected chi connectivity index (χ2v) is 4.95. The van der Waals surface area contributed by atoms with Crippen molar-refractivity contribution in [3.05, 3.63) is 53.3 Å². The van der Waals surface area contributed by atoms with Gasteiger partial charge in [-0.2, -0.15) is 0 Å². The molecule has 3 rings (SSSR count). The zero-order chi connectivity index (χ0) is 14.1. The van der Waals surface area contributed by atoms with Crippen LogP contribution in [-0.2, 0) is 5.88 Å². The molecule has 0 amide bonds. The van der Waals surface area contributed by atoms with Crippen LogP contribution < -0.4 is 4.74 Å². The normalized spacial score (nSPS) is 10.9. The van der Waals surface area contributed by atoms with Gasteiger partial charge in [0.25, 0.3) is 0 Å². The Bertz CT molecular complexity index is 768. The van der Waals surface area contributed by atoms with Crippen molar-refractivity contribution in [1.82, 2.24) is 9.55 Å². The zero-order valence-corrected chi connectivity index (χ0v) is 12.3. The number of imidazole rings is 1. The molecule has 0 bridgehead atoms. The molecule has 0 aliphatic carbocycles. The van der Waals surface area contributed by atoms with E-state index in [1.54, 1.807) is 7.11 Å². The molecule has 1 heterocycles. The van der Waals surface area contributed by atoms with Gasteiger partial charge in [0.15, 0.2) is 0 Å². The van der Waals surface area contributed by atoms with Gasteiger partial charge >= 0.3 is 0 Å². The Morgan fingerprint density at radius 2 is 1.95 bits per heavy atom. The molecule has 0 atom stereocenters. The van der Waals surface area contributed by atoms with Crippen molar-refractivity contribution in [2.45, 2.75) is 5.88 Å². The summed E-state index contributed by atoms with van der Waals surface area (Å²) in [5.41, 5.74) is 2.56. The molecular formula is C15H12Cl2N2O. The summed E-state index contributed by atoms with van der Waals surface area (Å²) in [4.78, 5) is 4.53. The number of ether oxygens (including phenoxy) is 1. The van der Waals surface area contributed by atoms with E-state index in [4.69, 9.17) is 27.9 Å². The van der Waals surface area contributed by atoms with E-state index in [0.717, 1.165) is 28.3 Å². The fourth-order valence-electron chi connectivity index (χ4n) is 2.29.